The number of piperidine rings is 1. The number of urea groups is 1. The molecule has 2 saturated heterocycles. The van der Waals surface area contributed by atoms with E-state index >= 15 is 0 Å². The molecule has 3 fully saturated rings. The molecule has 2 bridgehead atoms. The molecule has 2 aromatic carbocycles. The van der Waals surface area contributed by atoms with Gasteiger partial charge in [-0.3, -0.25) is 4.90 Å². The van der Waals surface area contributed by atoms with Crippen LogP contribution >= 0.6 is 11.6 Å². The Morgan fingerprint density at radius 1 is 1.05 bits per heavy atom. The van der Waals surface area contributed by atoms with E-state index in [0.717, 1.165) is 72.4 Å². The third-order valence-corrected chi connectivity index (χ3v) is 9.09. The zero-order chi connectivity index (χ0) is 26.7. The van der Waals surface area contributed by atoms with Crippen LogP contribution in [0.3, 0.4) is 0 Å². The first kappa shape index (κ1) is 24.7. The fraction of sp³-hybridized carbons (Fsp3) is 0.433. The molecule has 7 rings (SSSR count). The fourth-order valence-corrected chi connectivity index (χ4v) is 6.97. The summed E-state index contributed by atoms with van der Waals surface area (Å²) in [4.78, 5) is 29.2. The molecule has 4 heterocycles. The molecule has 1 unspecified atom stereocenters. The Bertz CT molecular complexity index is 1440. The molecule has 1 aliphatic carbocycles. The van der Waals surface area contributed by atoms with Gasteiger partial charge in [0, 0.05) is 41.4 Å². The number of hydrogen-bond donors (Lipinski definition) is 1. The van der Waals surface area contributed by atoms with Crippen LogP contribution in [0.5, 0.6) is 0 Å². The standard InChI is InChI=1S/C30H30ClN3O5/c31-25-6-2-1-4-23(25)27-24(28(39-32-27)17-8-9-17)16-38-20-14-18-10-11-19(15-20)34(18)30(37)33-13-12-21-22(29(35)36)5-3-7-26(21)33/h1-7,17-20H,8-16H2,(H,35,36)/t18-,19+,20?. The van der Waals surface area contributed by atoms with Crippen molar-refractivity contribution in [2.45, 2.75) is 75.7 Å². The van der Waals surface area contributed by atoms with Crippen molar-refractivity contribution in [2.24, 2.45) is 0 Å². The van der Waals surface area contributed by atoms with Crippen LogP contribution < -0.4 is 4.90 Å². The Labute approximate surface area is 231 Å². The maximum absolute atomic E-state index is 13.7. The van der Waals surface area contributed by atoms with Crippen LogP contribution in [0.1, 0.15) is 71.7 Å². The molecule has 8 nitrogen and oxygen atoms in total. The third-order valence-electron chi connectivity index (χ3n) is 8.76. The second-order valence-electron chi connectivity index (χ2n) is 11.1. The molecule has 3 aromatic rings. The van der Waals surface area contributed by atoms with E-state index in [9.17, 15) is 14.7 Å². The van der Waals surface area contributed by atoms with Crippen LogP contribution in [-0.2, 0) is 17.8 Å². The molecule has 9 heteroatoms. The first-order chi connectivity index (χ1) is 19.0. The predicted molar refractivity (Wildman–Crippen MR) is 145 cm³/mol. The number of carboxylic acid groups (broad SMARTS) is 1. The van der Waals surface area contributed by atoms with E-state index in [2.05, 4.69) is 5.16 Å². The fourth-order valence-electron chi connectivity index (χ4n) is 6.74. The number of nitrogens with zero attached hydrogens (tertiary/aromatic N) is 3. The van der Waals surface area contributed by atoms with Gasteiger partial charge in [-0.25, -0.2) is 9.59 Å². The first-order valence-electron chi connectivity index (χ1n) is 13.8. The molecule has 3 atom stereocenters. The number of amides is 2. The number of aromatic carboxylic acids is 1. The quantitative estimate of drug-likeness (QED) is 0.391. The van der Waals surface area contributed by atoms with Crippen LogP contribution in [-0.4, -0.2) is 51.9 Å². The van der Waals surface area contributed by atoms with Crippen molar-refractivity contribution in [3.05, 3.63) is 69.9 Å². The summed E-state index contributed by atoms with van der Waals surface area (Å²) in [6, 6.07) is 13.1. The van der Waals surface area contributed by atoms with E-state index in [-0.39, 0.29) is 29.8 Å². The number of hydrogen-bond acceptors (Lipinski definition) is 5. The highest BCUT2D eigenvalue weighted by atomic mass is 35.5. The minimum Gasteiger partial charge on any atom is -0.478 e. The van der Waals surface area contributed by atoms with Crippen LogP contribution in [0.25, 0.3) is 11.3 Å². The van der Waals surface area contributed by atoms with E-state index in [1.54, 1.807) is 17.0 Å². The van der Waals surface area contributed by atoms with Gasteiger partial charge in [-0.1, -0.05) is 41.0 Å². The topological polar surface area (TPSA) is 96.1 Å². The van der Waals surface area contributed by atoms with Gasteiger partial charge in [0.1, 0.15) is 11.5 Å². The van der Waals surface area contributed by atoms with Crippen molar-refractivity contribution >= 4 is 29.3 Å². The van der Waals surface area contributed by atoms with Crippen molar-refractivity contribution in [1.29, 1.82) is 0 Å². The van der Waals surface area contributed by atoms with Gasteiger partial charge in [0.2, 0.25) is 0 Å². The highest BCUT2D eigenvalue weighted by Crippen LogP contribution is 2.46. The summed E-state index contributed by atoms with van der Waals surface area (Å²) < 4.78 is 12.3. The Balaban J connectivity index is 1.06. The van der Waals surface area contributed by atoms with Gasteiger partial charge in [-0.2, -0.15) is 0 Å². The molecule has 0 radical (unpaired) electrons. The number of halogens is 1. The van der Waals surface area contributed by atoms with Gasteiger partial charge in [0.25, 0.3) is 0 Å². The second-order valence-corrected chi connectivity index (χ2v) is 11.5. The predicted octanol–water partition coefficient (Wildman–Crippen LogP) is 6.27. The van der Waals surface area contributed by atoms with Crippen molar-refractivity contribution in [3.63, 3.8) is 0 Å². The number of rotatable bonds is 6. The SMILES string of the molecule is O=C(O)c1cccc2c1CCN2C(=O)N1[C@@H]2CC[C@H]1CC(OCc1c(-c3ccccc3Cl)noc1C1CC1)C2. The lowest BCUT2D eigenvalue weighted by molar-refractivity contribution is -0.0164. The number of carbonyl (C=O) groups is 2. The summed E-state index contributed by atoms with van der Waals surface area (Å²) in [7, 11) is 0. The van der Waals surface area contributed by atoms with Crippen LogP contribution in [0.4, 0.5) is 10.5 Å². The molecule has 1 N–H and O–H groups in total. The van der Waals surface area contributed by atoms with E-state index in [1.165, 1.54) is 0 Å². The van der Waals surface area contributed by atoms with Gasteiger partial charge in [0.15, 0.2) is 0 Å². The van der Waals surface area contributed by atoms with Crippen molar-refractivity contribution in [1.82, 2.24) is 10.1 Å². The van der Waals surface area contributed by atoms with Crippen LogP contribution in [0.15, 0.2) is 47.0 Å². The molecule has 3 aliphatic heterocycles. The Kier molecular flexibility index (Phi) is 6.12. The minimum atomic E-state index is -0.950. The summed E-state index contributed by atoms with van der Waals surface area (Å²) in [5.41, 5.74) is 4.35. The van der Waals surface area contributed by atoms with Crippen molar-refractivity contribution < 1.29 is 24.0 Å². The Morgan fingerprint density at radius 3 is 2.54 bits per heavy atom. The van der Waals surface area contributed by atoms with Gasteiger partial charge < -0.3 is 19.3 Å². The van der Waals surface area contributed by atoms with E-state index in [4.69, 9.17) is 20.9 Å². The highest BCUT2D eigenvalue weighted by Gasteiger charge is 2.46. The third kappa shape index (κ3) is 4.30. The molecule has 2 amide bonds. The molecule has 4 aliphatic rings. The normalized spacial score (nSPS) is 23.8. The number of aromatic nitrogens is 1. The Hall–Kier alpha value is -3.36. The maximum Gasteiger partial charge on any atom is 0.336 e. The zero-order valence-electron chi connectivity index (χ0n) is 21.5. The van der Waals surface area contributed by atoms with E-state index in [0.29, 0.717) is 30.5 Å². The molecule has 0 spiro atoms. The smallest absolute Gasteiger partial charge is 0.336 e. The number of fused-ring (bicyclic) bond motifs is 3. The van der Waals surface area contributed by atoms with Crippen LogP contribution in [0.2, 0.25) is 5.02 Å². The minimum absolute atomic E-state index is 0.0155. The summed E-state index contributed by atoms with van der Waals surface area (Å²) in [5.74, 6) is 0.358. The molecule has 1 aromatic heterocycles. The molecular formula is C30H30ClN3O5. The van der Waals surface area contributed by atoms with Gasteiger partial charge >= 0.3 is 12.0 Å². The van der Waals surface area contributed by atoms with Crippen LogP contribution in [0, 0.1) is 0 Å². The van der Waals surface area contributed by atoms with E-state index in [1.807, 2.05) is 35.2 Å². The van der Waals surface area contributed by atoms with Gasteiger partial charge in [-0.05, 0) is 68.7 Å². The molecule has 1 saturated carbocycles. The monoisotopic (exact) mass is 547 g/mol. The lowest BCUT2D eigenvalue weighted by Gasteiger charge is -2.40. The number of anilines is 1. The Morgan fingerprint density at radius 2 is 1.82 bits per heavy atom. The lowest BCUT2D eigenvalue weighted by atomic mass is 9.99. The van der Waals surface area contributed by atoms with Crippen molar-refractivity contribution in [3.8, 4) is 11.3 Å². The summed E-state index contributed by atoms with van der Waals surface area (Å²) in [6.07, 6.45) is 6.28. The largest absolute Gasteiger partial charge is 0.478 e. The van der Waals surface area contributed by atoms with Gasteiger partial charge in [0.05, 0.1) is 23.3 Å². The molecular weight excluding hydrogens is 518 g/mol. The number of carbonyl (C=O) groups excluding carboxylic acids is 1. The molecule has 202 valence electrons. The average Bonchev–Trinajstić information content (AvgIpc) is 3.44. The summed E-state index contributed by atoms with van der Waals surface area (Å²) in [6.45, 7) is 0.919. The first-order valence-corrected chi connectivity index (χ1v) is 14.2. The maximum atomic E-state index is 13.7. The second kappa shape index (κ2) is 9.68. The highest BCUT2D eigenvalue weighted by molar-refractivity contribution is 6.33. The van der Waals surface area contributed by atoms with Gasteiger partial charge in [-0.15, -0.1) is 0 Å². The van der Waals surface area contributed by atoms with E-state index < -0.39 is 5.97 Å². The average molecular weight is 548 g/mol. The summed E-state index contributed by atoms with van der Waals surface area (Å²) >= 11 is 6.49. The van der Waals surface area contributed by atoms with Crippen molar-refractivity contribution in [2.75, 3.05) is 11.4 Å². The number of ether oxygens (including phenoxy) is 1. The number of carboxylic acids is 1. The summed E-state index contributed by atoms with van der Waals surface area (Å²) in [5, 5.41) is 14.6. The molecule has 39 heavy (non-hydrogen) atoms. The number of benzene rings is 2. The zero-order valence-corrected chi connectivity index (χ0v) is 22.3. The lowest BCUT2D eigenvalue weighted by Crippen LogP contribution is -2.53.